The normalized spacial score (nSPS) is 23.9. The number of ether oxygens (including phenoxy) is 1. The Hall–Kier alpha value is -1.18. The SMILES string of the molecule is CC1(C)OB(c2cc(F)nc(N3CCOCC3)c2)OC1(C)C. The van der Waals surface area contributed by atoms with Crippen molar-refractivity contribution < 1.29 is 18.4 Å². The van der Waals surface area contributed by atoms with E-state index in [0.29, 0.717) is 37.6 Å². The lowest BCUT2D eigenvalue weighted by Gasteiger charge is -2.32. The van der Waals surface area contributed by atoms with E-state index in [1.807, 2.05) is 38.7 Å². The van der Waals surface area contributed by atoms with Crippen molar-refractivity contribution in [1.82, 2.24) is 4.98 Å². The topological polar surface area (TPSA) is 43.8 Å². The van der Waals surface area contributed by atoms with Gasteiger partial charge in [-0.15, -0.1) is 0 Å². The lowest BCUT2D eigenvalue weighted by Crippen LogP contribution is -2.41. The van der Waals surface area contributed by atoms with Gasteiger partial charge in [-0.3, -0.25) is 0 Å². The molecule has 0 N–H and O–H groups in total. The smallest absolute Gasteiger partial charge is 0.399 e. The van der Waals surface area contributed by atoms with Gasteiger partial charge in [0, 0.05) is 13.1 Å². The highest BCUT2D eigenvalue weighted by Gasteiger charge is 2.51. The third-order valence-corrected chi connectivity index (χ3v) is 4.66. The van der Waals surface area contributed by atoms with Gasteiger partial charge in [0.15, 0.2) is 0 Å². The zero-order valence-corrected chi connectivity index (χ0v) is 13.6. The summed E-state index contributed by atoms with van der Waals surface area (Å²) in [6.07, 6.45) is 0. The number of halogens is 1. The highest BCUT2D eigenvalue weighted by atomic mass is 19.1. The summed E-state index contributed by atoms with van der Waals surface area (Å²) in [5.74, 6) is 0.0849. The van der Waals surface area contributed by atoms with Crippen molar-refractivity contribution in [2.75, 3.05) is 31.2 Å². The van der Waals surface area contributed by atoms with Crippen molar-refractivity contribution in [1.29, 1.82) is 0 Å². The monoisotopic (exact) mass is 308 g/mol. The van der Waals surface area contributed by atoms with Crippen molar-refractivity contribution in [2.24, 2.45) is 0 Å². The molecule has 0 spiro atoms. The molecule has 5 nitrogen and oxygen atoms in total. The molecule has 0 saturated carbocycles. The summed E-state index contributed by atoms with van der Waals surface area (Å²) in [6.45, 7) is 10.6. The largest absolute Gasteiger partial charge is 0.495 e. The number of nitrogens with zero attached hydrogens (tertiary/aromatic N) is 2. The summed E-state index contributed by atoms with van der Waals surface area (Å²) >= 11 is 0. The van der Waals surface area contributed by atoms with Crippen molar-refractivity contribution in [3.05, 3.63) is 18.1 Å². The number of morpholine rings is 1. The summed E-state index contributed by atoms with van der Waals surface area (Å²) in [7, 11) is -0.581. The van der Waals surface area contributed by atoms with Crippen LogP contribution in [-0.4, -0.2) is 49.6 Å². The van der Waals surface area contributed by atoms with Crippen LogP contribution in [-0.2, 0) is 14.0 Å². The van der Waals surface area contributed by atoms with Crippen molar-refractivity contribution in [3.63, 3.8) is 0 Å². The second kappa shape index (κ2) is 5.47. The zero-order chi connectivity index (χ0) is 16.0. The molecule has 0 radical (unpaired) electrons. The molecule has 0 unspecified atom stereocenters. The van der Waals surface area contributed by atoms with E-state index in [-0.39, 0.29) is 0 Å². The van der Waals surface area contributed by atoms with E-state index in [1.165, 1.54) is 6.07 Å². The summed E-state index contributed by atoms with van der Waals surface area (Å²) in [4.78, 5) is 6.01. The highest BCUT2D eigenvalue weighted by Crippen LogP contribution is 2.36. The minimum Gasteiger partial charge on any atom is -0.399 e. The number of anilines is 1. The fraction of sp³-hybridized carbons (Fsp3) is 0.667. The first-order valence-corrected chi connectivity index (χ1v) is 7.64. The highest BCUT2D eigenvalue weighted by molar-refractivity contribution is 6.62. The van der Waals surface area contributed by atoms with E-state index < -0.39 is 24.3 Å². The number of hydrogen-bond acceptors (Lipinski definition) is 5. The molecule has 120 valence electrons. The van der Waals surface area contributed by atoms with Crippen LogP contribution in [0.3, 0.4) is 0 Å². The molecule has 2 saturated heterocycles. The van der Waals surface area contributed by atoms with Gasteiger partial charge < -0.3 is 18.9 Å². The van der Waals surface area contributed by atoms with Crippen LogP contribution in [0.4, 0.5) is 10.2 Å². The number of aromatic nitrogens is 1. The Kier molecular flexibility index (Phi) is 3.91. The van der Waals surface area contributed by atoms with Gasteiger partial charge in [-0.05, 0) is 45.3 Å². The quantitative estimate of drug-likeness (QED) is 0.610. The molecule has 0 bridgehead atoms. The number of pyridine rings is 1. The van der Waals surface area contributed by atoms with E-state index >= 15 is 0 Å². The molecule has 2 aliphatic rings. The fourth-order valence-corrected chi connectivity index (χ4v) is 2.57. The third-order valence-electron chi connectivity index (χ3n) is 4.66. The number of rotatable bonds is 2. The van der Waals surface area contributed by atoms with Crippen molar-refractivity contribution in [2.45, 2.75) is 38.9 Å². The lowest BCUT2D eigenvalue weighted by atomic mass is 9.79. The van der Waals surface area contributed by atoms with Crippen LogP contribution in [0.5, 0.6) is 0 Å². The Morgan fingerprint density at radius 2 is 1.68 bits per heavy atom. The van der Waals surface area contributed by atoms with Crippen LogP contribution in [0, 0.1) is 5.95 Å². The molecule has 3 rings (SSSR count). The average Bonchev–Trinajstić information content (AvgIpc) is 2.68. The molecule has 3 heterocycles. The van der Waals surface area contributed by atoms with Crippen LogP contribution < -0.4 is 10.4 Å². The van der Waals surface area contributed by atoms with Gasteiger partial charge in [0.25, 0.3) is 0 Å². The van der Waals surface area contributed by atoms with Crippen LogP contribution in [0.15, 0.2) is 12.1 Å². The Morgan fingerprint density at radius 3 is 2.27 bits per heavy atom. The van der Waals surface area contributed by atoms with Gasteiger partial charge >= 0.3 is 7.12 Å². The molecule has 0 aliphatic carbocycles. The fourth-order valence-electron chi connectivity index (χ4n) is 2.57. The van der Waals surface area contributed by atoms with Gasteiger partial charge in [0.05, 0.1) is 24.4 Å². The van der Waals surface area contributed by atoms with Crippen molar-refractivity contribution in [3.8, 4) is 0 Å². The first-order chi connectivity index (χ1) is 10.3. The molecule has 1 aromatic heterocycles. The van der Waals surface area contributed by atoms with Gasteiger partial charge in [-0.25, -0.2) is 4.98 Å². The molecule has 1 aromatic rings. The Balaban J connectivity index is 1.87. The molecular weight excluding hydrogens is 286 g/mol. The van der Waals surface area contributed by atoms with E-state index in [2.05, 4.69) is 4.98 Å². The predicted octanol–water partition coefficient (Wildman–Crippen LogP) is 1.36. The number of hydrogen-bond donors (Lipinski definition) is 0. The first kappa shape index (κ1) is 15.7. The van der Waals surface area contributed by atoms with Gasteiger partial charge in [0.1, 0.15) is 5.82 Å². The Labute approximate surface area is 130 Å². The Morgan fingerprint density at radius 1 is 1.09 bits per heavy atom. The second-order valence-electron chi connectivity index (χ2n) is 6.77. The molecule has 22 heavy (non-hydrogen) atoms. The van der Waals surface area contributed by atoms with Gasteiger partial charge in [-0.1, -0.05) is 0 Å². The van der Waals surface area contributed by atoms with E-state index in [1.54, 1.807) is 0 Å². The molecule has 0 aromatic carbocycles. The summed E-state index contributed by atoms with van der Waals surface area (Å²) in [5.41, 5.74) is -0.236. The zero-order valence-electron chi connectivity index (χ0n) is 13.6. The molecule has 2 fully saturated rings. The molecule has 0 atom stereocenters. The van der Waals surface area contributed by atoms with Crippen LogP contribution in [0.2, 0.25) is 0 Å². The third kappa shape index (κ3) is 2.85. The maximum Gasteiger partial charge on any atom is 0.495 e. The van der Waals surface area contributed by atoms with E-state index in [9.17, 15) is 4.39 Å². The minimum absolute atomic E-state index is 0.448. The summed E-state index contributed by atoms with van der Waals surface area (Å²) in [6, 6.07) is 3.22. The van der Waals surface area contributed by atoms with E-state index in [0.717, 1.165) is 0 Å². The van der Waals surface area contributed by atoms with Gasteiger partial charge in [0.2, 0.25) is 5.95 Å². The van der Waals surface area contributed by atoms with Crippen LogP contribution in [0.1, 0.15) is 27.7 Å². The molecule has 7 heteroatoms. The maximum atomic E-state index is 13.9. The average molecular weight is 308 g/mol. The minimum atomic E-state index is -0.581. The van der Waals surface area contributed by atoms with Gasteiger partial charge in [-0.2, -0.15) is 4.39 Å². The van der Waals surface area contributed by atoms with Crippen molar-refractivity contribution >= 4 is 18.4 Å². The molecule has 0 amide bonds. The summed E-state index contributed by atoms with van der Waals surface area (Å²) in [5, 5.41) is 0. The molecule has 2 aliphatic heterocycles. The van der Waals surface area contributed by atoms with Crippen LogP contribution >= 0.6 is 0 Å². The maximum absolute atomic E-state index is 13.9. The molecular formula is C15H22BFN2O3. The summed E-state index contributed by atoms with van der Waals surface area (Å²) < 4.78 is 31.2. The van der Waals surface area contributed by atoms with E-state index in [4.69, 9.17) is 14.0 Å². The Bertz CT molecular complexity index is 546. The predicted molar refractivity (Wildman–Crippen MR) is 82.9 cm³/mol. The van der Waals surface area contributed by atoms with Crippen LogP contribution in [0.25, 0.3) is 0 Å². The standard InChI is InChI=1S/C15H22BFN2O3/c1-14(2)15(3,4)22-16(21-14)11-9-12(17)18-13(10-11)19-5-7-20-8-6-19/h9-10H,5-8H2,1-4H3. The lowest BCUT2D eigenvalue weighted by molar-refractivity contribution is 0.00578. The second-order valence-corrected chi connectivity index (χ2v) is 6.77. The first-order valence-electron chi connectivity index (χ1n) is 7.64.